The van der Waals surface area contributed by atoms with Crippen molar-refractivity contribution in [3.63, 3.8) is 0 Å². The van der Waals surface area contributed by atoms with Crippen LogP contribution < -0.4 is 5.30 Å². The van der Waals surface area contributed by atoms with Gasteiger partial charge in [-0.05, 0) is 0 Å². The molecule has 0 aliphatic rings. The van der Waals surface area contributed by atoms with E-state index in [2.05, 4.69) is 0 Å². The van der Waals surface area contributed by atoms with Gasteiger partial charge in [0.2, 0.25) is 0 Å². The summed E-state index contributed by atoms with van der Waals surface area (Å²) in [7, 11) is -4.20. The fourth-order valence-electron chi connectivity index (χ4n) is 0.895. The van der Waals surface area contributed by atoms with E-state index in [1.54, 1.807) is 6.07 Å². The average Bonchev–Trinajstić information content (AvgIpc) is 2.05. The van der Waals surface area contributed by atoms with E-state index in [9.17, 15) is 12.6 Å². The Kier molecular flexibility index (Phi) is 2.39. The van der Waals surface area contributed by atoms with Crippen molar-refractivity contribution in [2.45, 2.75) is 0 Å². The quantitative estimate of drug-likeness (QED) is 0.677. The molecule has 0 unspecified atom stereocenters. The van der Waals surface area contributed by atoms with Gasteiger partial charge in [0.15, 0.2) is 0 Å². The summed E-state index contributed by atoms with van der Waals surface area (Å²) in [5.74, 6) is 0. The zero-order chi connectivity index (χ0) is 10.1. The van der Waals surface area contributed by atoms with Crippen LogP contribution in [0.1, 0.15) is 0 Å². The summed E-state index contributed by atoms with van der Waals surface area (Å²) in [6.45, 7) is 0. The zero-order valence-corrected chi connectivity index (χ0v) is 8.31. The van der Waals surface area contributed by atoms with Gasteiger partial charge < -0.3 is 0 Å². The van der Waals surface area contributed by atoms with Crippen LogP contribution in [-0.4, -0.2) is 18.8 Å². The Morgan fingerprint density at radius 2 is 1.46 bits per heavy atom. The van der Waals surface area contributed by atoms with Crippen LogP contribution in [0.5, 0.6) is 0 Å². The van der Waals surface area contributed by atoms with Crippen LogP contribution in [0.2, 0.25) is 0 Å². The van der Waals surface area contributed by atoms with E-state index in [4.69, 9.17) is 0 Å². The molecule has 0 spiro atoms. The van der Waals surface area contributed by atoms with Crippen molar-refractivity contribution < 1.29 is 12.6 Å². The Morgan fingerprint density at radius 3 is 1.85 bits per heavy atom. The molecule has 1 rings (SSSR count). The van der Waals surface area contributed by atoms with Crippen molar-refractivity contribution in [1.82, 2.24) is 4.67 Å². The standard InChI is InChI=1S/C8H11F3NP/c1-12(2)13(9,10,11)8-6-4-3-5-7-8/h3-7H,1-2H3. The third kappa shape index (κ3) is 1.84. The van der Waals surface area contributed by atoms with Crippen LogP contribution in [0.3, 0.4) is 0 Å². The first kappa shape index (κ1) is 10.5. The second-order valence-corrected chi connectivity index (χ2v) is 5.82. The number of hydrogen-bond acceptors (Lipinski definition) is 1. The van der Waals surface area contributed by atoms with Gasteiger partial charge in [0.25, 0.3) is 0 Å². The fourth-order valence-corrected chi connectivity index (χ4v) is 2.00. The third-order valence-electron chi connectivity index (χ3n) is 1.82. The SMILES string of the molecule is CN(C)P(F)(F)(F)c1ccccc1. The van der Waals surface area contributed by atoms with Gasteiger partial charge in [-0.3, -0.25) is 0 Å². The molecule has 1 aromatic rings. The summed E-state index contributed by atoms with van der Waals surface area (Å²) in [6.07, 6.45) is 0. The minimum atomic E-state index is -6.29. The molecule has 0 aliphatic heterocycles. The number of nitrogens with zero attached hydrogens (tertiary/aromatic N) is 1. The van der Waals surface area contributed by atoms with Crippen molar-refractivity contribution in [2.24, 2.45) is 0 Å². The molecular formula is C8H11F3NP. The summed E-state index contributed by atoms with van der Waals surface area (Å²) in [4.78, 5) is 0. The van der Waals surface area contributed by atoms with E-state index in [1.807, 2.05) is 0 Å². The topological polar surface area (TPSA) is 3.24 Å². The van der Waals surface area contributed by atoms with Gasteiger partial charge in [-0.25, -0.2) is 0 Å². The van der Waals surface area contributed by atoms with Crippen LogP contribution in [0.4, 0.5) is 12.6 Å². The summed E-state index contributed by atoms with van der Waals surface area (Å²) in [6, 6.07) is 6.60. The molecule has 0 amide bonds. The van der Waals surface area contributed by atoms with E-state index in [1.165, 1.54) is 12.1 Å². The number of hydrogen-bond donors (Lipinski definition) is 0. The minimum absolute atomic E-state index is 0.376. The molecule has 13 heavy (non-hydrogen) atoms. The molecule has 0 aliphatic carbocycles. The molecule has 0 saturated carbocycles. The van der Waals surface area contributed by atoms with Crippen molar-refractivity contribution in [3.8, 4) is 0 Å². The Balaban J connectivity index is 3.21. The van der Waals surface area contributed by atoms with Gasteiger partial charge in [-0.1, -0.05) is 0 Å². The monoisotopic (exact) mass is 209 g/mol. The molecule has 0 N–H and O–H groups in total. The molecule has 0 fully saturated rings. The molecule has 0 radical (unpaired) electrons. The van der Waals surface area contributed by atoms with E-state index < -0.39 is 13.0 Å². The van der Waals surface area contributed by atoms with E-state index >= 15 is 0 Å². The van der Waals surface area contributed by atoms with Gasteiger partial charge in [-0.2, -0.15) is 0 Å². The third-order valence-corrected chi connectivity index (χ3v) is 4.24. The molecule has 0 saturated heterocycles. The van der Waals surface area contributed by atoms with Gasteiger partial charge >= 0.3 is 74.7 Å². The second kappa shape index (κ2) is 2.96. The molecule has 0 bridgehead atoms. The first-order chi connectivity index (χ1) is 5.83. The van der Waals surface area contributed by atoms with Gasteiger partial charge in [0.1, 0.15) is 0 Å². The summed E-state index contributed by atoms with van der Waals surface area (Å²) >= 11 is 0. The van der Waals surface area contributed by atoms with Gasteiger partial charge in [0.05, 0.1) is 0 Å². The molecule has 1 nitrogen and oxygen atoms in total. The fraction of sp³-hybridized carbons (Fsp3) is 0.250. The Morgan fingerprint density at radius 1 is 1.00 bits per heavy atom. The van der Waals surface area contributed by atoms with Crippen molar-refractivity contribution in [3.05, 3.63) is 30.3 Å². The average molecular weight is 209 g/mol. The molecule has 0 heterocycles. The first-order valence-electron chi connectivity index (χ1n) is 3.74. The molecule has 1 aromatic carbocycles. The molecule has 0 aromatic heterocycles. The first-order valence-corrected chi connectivity index (χ1v) is 5.60. The predicted octanol–water partition coefficient (Wildman–Crippen LogP) is 3.00. The van der Waals surface area contributed by atoms with E-state index in [0.717, 1.165) is 26.2 Å². The van der Waals surface area contributed by atoms with Gasteiger partial charge in [-0.15, -0.1) is 0 Å². The van der Waals surface area contributed by atoms with E-state index in [-0.39, 0.29) is 0 Å². The molecule has 0 atom stereocenters. The van der Waals surface area contributed by atoms with E-state index in [0.29, 0.717) is 4.67 Å². The van der Waals surface area contributed by atoms with Crippen LogP contribution in [0.25, 0.3) is 0 Å². The summed E-state index contributed by atoms with van der Waals surface area (Å²) in [5, 5.41) is -0.529. The number of benzene rings is 1. The summed E-state index contributed by atoms with van der Waals surface area (Å²) in [5.41, 5.74) is 0. The molecular weight excluding hydrogens is 198 g/mol. The Labute approximate surface area is 75.5 Å². The normalized spacial score (nSPS) is 15.4. The molecule has 74 valence electrons. The maximum absolute atomic E-state index is 13.4. The zero-order valence-electron chi connectivity index (χ0n) is 7.42. The van der Waals surface area contributed by atoms with Crippen LogP contribution >= 0.6 is 7.69 Å². The van der Waals surface area contributed by atoms with Crippen molar-refractivity contribution in [2.75, 3.05) is 14.1 Å². The number of halogens is 3. The van der Waals surface area contributed by atoms with Crippen LogP contribution in [0, 0.1) is 0 Å². The molecule has 5 heteroatoms. The summed E-state index contributed by atoms with van der Waals surface area (Å²) < 4.78 is 40.4. The van der Waals surface area contributed by atoms with Crippen LogP contribution in [0.15, 0.2) is 30.3 Å². The van der Waals surface area contributed by atoms with Crippen LogP contribution in [-0.2, 0) is 0 Å². The maximum atomic E-state index is 13.4. The second-order valence-electron chi connectivity index (χ2n) is 2.95. The Bertz CT molecular complexity index is 291. The van der Waals surface area contributed by atoms with Gasteiger partial charge in [0, 0.05) is 0 Å². The number of rotatable bonds is 2. The Hall–Kier alpha value is -0.600. The van der Waals surface area contributed by atoms with Crippen molar-refractivity contribution >= 4 is 13.0 Å². The predicted molar refractivity (Wildman–Crippen MR) is 50.0 cm³/mol. The van der Waals surface area contributed by atoms with Crippen molar-refractivity contribution in [1.29, 1.82) is 0 Å².